The molecular formula is C11H9F2NO3. The summed E-state index contributed by atoms with van der Waals surface area (Å²) in [7, 11) is 0. The highest BCUT2D eigenvalue weighted by atomic mass is 19.3. The van der Waals surface area contributed by atoms with Gasteiger partial charge in [-0.05, 0) is 17.2 Å². The summed E-state index contributed by atoms with van der Waals surface area (Å²) in [6, 6.07) is 3.74. The van der Waals surface area contributed by atoms with Gasteiger partial charge in [-0.25, -0.2) is 8.78 Å². The van der Waals surface area contributed by atoms with Crippen molar-refractivity contribution >= 4 is 5.97 Å². The van der Waals surface area contributed by atoms with Gasteiger partial charge in [0.1, 0.15) is 0 Å². The van der Waals surface area contributed by atoms with Crippen LogP contribution in [0.1, 0.15) is 28.7 Å². The maximum absolute atomic E-state index is 12.7. The van der Waals surface area contributed by atoms with E-state index in [-0.39, 0.29) is 16.7 Å². The van der Waals surface area contributed by atoms with E-state index in [4.69, 9.17) is 15.5 Å². The average molecular weight is 241 g/mol. The molecule has 0 atom stereocenters. The van der Waals surface area contributed by atoms with Gasteiger partial charge in [0.2, 0.25) is 0 Å². The minimum atomic E-state index is -2.86. The normalized spacial score (nSPS) is 10.3. The van der Waals surface area contributed by atoms with Crippen molar-refractivity contribution in [2.75, 3.05) is 0 Å². The Morgan fingerprint density at radius 3 is 2.47 bits per heavy atom. The zero-order valence-electron chi connectivity index (χ0n) is 8.65. The predicted molar refractivity (Wildman–Crippen MR) is 53.4 cm³/mol. The topological polar surface area (TPSA) is 81.3 Å². The summed E-state index contributed by atoms with van der Waals surface area (Å²) >= 11 is 0. The fourth-order valence-electron chi connectivity index (χ4n) is 1.47. The van der Waals surface area contributed by atoms with Gasteiger partial charge in [-0.3, -0.25) is 4.79 Å². The maximum atomic E-state index is 12.7. The number of carboxylic acids is 1. The highest BCUT2D eigenvalue weighted by Crippen LogP contribution is 2.26. The van der Waals surface area contributed by atoms with Gasteiger partial charge >= 0.3 is 5.97 Å². The molecule has 0 saturated carbocycles. The first-order valence-electron chi connectivity index (χ1n) is 4.66. The number of hydrogen-bond donors (Lipinski definition) is 2. The van der Waals surface area contributed by atoms with Crippen molar-refractivity contribution in [3.63, 3.8) is 0 Å². The van der Waals surface area contributed by atoms with Crippen LogP contribution in [0.3, 0.4) is 0 Å². The lowest BCUT2D eigenvalue weighted by Crippen LogP contribution is -2.06. The van der Waals surface area contributed by atoms with Gasteiger partial charge in [-0.15, -0.1) is 0 Å². The molecule has 17 heavy (non-hydrogen) atoms. The van der Waals surface area contributed by atoms with E-state index >= 15 is 0 Å². The molecule has 0 spiro atoms. The van der Waals surface area contributed by atoms with Gasteiger partial charge in [0.15, 0.2) is 0 Å². The summed E-state index contributed by atoms with van der Waals surface area (Å²) in [6.45, 7) is -0.501. The third kappa shape index (κ3) is 2.98. The molecule has 0 aliphatic heterocycles. The third-order valence-electron chi connectivity index (χ3n) is 2.23. The first-order chi connectivity index (χ1) is 7.99. The van der Waals surface area contributed by atoms with Crippen LogP contribution >= 0.6 is 0 Å². The smallest absolute Gasteiger partial charge is 0.307 e. The van der Waals surface area contributed by atoms with E-state index in [0.29, 0.717) is 0 Å². The Labute approximate surface area is 95.7 Å². The van der Waals surface area contributed by atoms with Crippen molar-refractivity contribution in [1.82, 2.24) is 0 Å². The van der Waals surface area contributed by atoms with Gasteiger partial charge in [-0.2, -0.15) is 5.26 Å². The number of aliphatic hydroxyl groups excluding tert-OH is 1. The number of hydrogen-bond acceptors (Lipinski definition) is 3. The summed E-state index contributed by atoms with van der Waals surface area (Å²) in [5.41, 5.74) is -0.498. The zero-order chi connectivity index (χ0) is 13.0. The molecule has 4 nitrogen and oxygen atoms in total. The predicted octanol–water partition coefficient (Wildman–Crippen LogP) is 1.62. The Kier molecular flexibility index (Phi) is 4.12. The van der Waals surface area contributed by atoms with Crippen molar-refractivity contribution in [3.8, 4) is 6.07 Å². The molecule has 90 valence electrons. The number of alkyl halides is 2. The molecule has 0 saturated heterocycles. The van der Waals surface area contributed by atoms with E-state index in [1.807, 2.05) is 0 Å². The van der Waals surface area contributed by atoms with Gasteiger partial charge in [0.25, 0.3) is 6.43 Å². The van der Waals surface area contributed by atoms with Crippen LogP contribution in [-0.2, 0) is 17.8 Å². The van der Waals surface area contributed by atoms with Crippen molar-refractivity contribution in [2.45, 2.75) is 19.5 Å². The lowest BCUT2D eigenvalue weighted by atomic mass is 9.97. The number of carboxylic acid groups (broad SMARTS) is 1. The molecule has 0 aliphatic carbocycles. The molecule has 0 unspecified atom stereocenters. The summed E-state index contributed by atoms with van der Waals surface area (Å²) in [5.74, 6) is -1.25. The number of carbonyl (C=O) groups is 1. The molecule has 0 amide bonds. The van der Waals surface area contributed by atoms with Gasteiger partial charge in [-0.1, -0.05) is 6.07 Å². The lowest BCUT2D eigenvalue weighted by molar-refractivity contribution is -0.136. The minimum absolute atomic E-state index is 0.0723. The first kappa shape index (κ1) is 13.1. The van der Waals surface area contributed by atoms with Crippen molar-refractivity contribution < 1.29 is 23.8 Å². The Hall–Kier alpha value is -2.00. The molecular weight excluding hydrogens is 232 g/mol. The maximum Gasteiger partial charge on any atom is 0.307 e. The second-order valence-electron chi connectivity index (χ2n) is 3.35. The van der Waals surface area contributed by atoms with Gasteiger partial charge < -0.3 is 10.2 Å². The molecule has 1 rings (SSSR count). The lowest BCUT2D eigenvalue weighted by Gasteiger charge is -2.10. The number of halogens is 2. The number of aliphatic carboxylic acids is 1. The molecule has 0 radical (unpaired) electrons. The van der Waals surface area contributed by atoms with Crippen LogP contribution in [0.4, 0.5) is 8.78 Å². The third-order valence-corrected chi connectivity index (χ3v) is 2.23. The average Bonchev–Trinajstić information content (AvgIpc) is 2.27. The van der Waals surface area contributed by atoms with Crippen LogP contribution in [0.2, 0.25) is 0 Å². The zero-order valence-corrected chi connectivity index (χ0v) is 8.65. The molecule has 1 aromatic rings. The second-order valence-corrected chi connectivity index (χ2v) is 3.35. The SMILES string of the molecule is N#Cc1cc(C(F)F)c(CC(=O)O)cc1CO. The Morgan fingerprint density at radius 1 is 1.41 bits per heavy atom. The van der Waals surface area contributed by atoms with Crippen molar-refractivity contribution in [3.05, 3.63) is 34.4 Å². The van der Waals surface area contributed by atoms with E-state index in [2.05, 4.69) is 0 Å². The summed E-state index contributed by atoms with van der Waals surface area (Å²) < 4.78 is 25.3. The second kappa shape index (κ2) is 5.37. The van der Waals surface area contributed by atoms with Crippen molar-refractivity contribution in [1.29, 1.82) is 5.26 Å². The van der Waals surface area contributed by atoms with Crippen LogP contribution in [0.25, 0.3) is 0 Å². The molecule has 0 heterocycles. The van der Waals surface area contributed by atoms with E-state index in [9.17, 15) is 13.6 Å². The molecule has 0 aliphatic rings. The molecule has 0 aromatic heterocycles. The summed E-state index contributed by atoms with van der Waals surface area (Å²) in [4.78, 5) is 10.5. The van der Waals surface area contributed by atoms with E-state index in [1.54, 1.807) is 6.07 Å². The summed E-state index contributed by atoms with van der Waals surface area (Å²) in [6.07, 6.45) is -3.43. The summed E-state index contributed by atoms with van der Waals surface area (Å²) in [5, 5.41) is 26.2. The quantitative estimate of drug-likeness (QED) is 0.839. The Morgan fingerprint density at radius 2 is 2.06 bits per heavy atom. The first-order valence-corrected chi connectivity index (χ1v) is 4.66. The molecule has 0 bridgehead atoms. The Bertz CT molecular complexity index is 480. The Balaban J connectivity index is 3.36. The van der Waals surface area contributed by atoms with Crippen LogP contribution in [0, 0.1) is 11.3 Å². The number of rotatable bonds is 4. The highest BCUT2D eigenvalue weighted by molar-refractivity contribution is 5.71. The molecule has 1 aromatic carbocycles. The highest BCUT2D eigenvalue weighted by Gasteiger charge is 2.18. The number of nitrogens with zero attached hydrogens (tertiary/aromatic N) is 1. The molecule has 0 fully saturated rings. The fourth-order valence-corrected chi connectivity index (χ4v) is 1.47. The van der Waals surface area contributed by atoms with E-state index in [1.165, 1.54) is 0 Å². The van der Waals surface area contributed by atoms with Crippen molar-refractivity contribution in [2.24, 2.45) is 0 Å². The fraction of sp³-hybridized carbons (Fsp3) is 0.273. The largest absolute Gasteiger partial charge is 0.481 e. The van der Waals surface area contributed by atoms with Crippen LogP contribution in [0.15, 0.2) is 12.1 Å². The number of nitriles is 1. The minimum Gasteiger partial charge on any atom is -0.481 e. The van der Waals surface area contributed by atoms with Gasteiger partial charge in [0.05, 0.1) is 24.7 Å². The van der Waals surface area contributed by atoms with E-state index in [0.717, 1.165) is 12.1 Å². The van der Waals surface area contributed by atoms with Crippen LogP contribution in [0.5, 0.6) is 0 Å². The van der Waals surface area contributed by atoms with Gasteiger partial charge in [0, 0.05) is 5.56 Å². The van der Waals surface area contributed by atoms with Crippen LogP contribution in [-0.4, -0.2) is 16.2 Å². The standard InChI is InChI=1S/C11H9F2NO3/c12-11(13)9-2-7(4-14)8(5-15)1-6(9)3-10(16)17/h1-2,11,15H,3,5H2,(H,16,17). The molecule has 6 heteroatoms. The van der Waals surface area contributed by atoms with E-state index < -0.39 is 31.0 Å². The monoisotopic (exact) mass is 241 g/mol. The van der Waals surface area contributed by atoms with Crippen LogP contribution < -0.4 is 0 Å². The number of benzene rings is 1. The number of aliphatic hydroxyl groups is 1. The molecule has 2 N–H and O–H groups in total.